The summed E-state index contributed by atoms with van der Waals surface area (Å²) in [7, 11) is -2.14. The quantitative estimate of drug-likeness (QED) is 0.748. The van der Waals surface area contributed by atoms with Crippen molar-refractivity contribution in [2.24, 2.45) is 0 Å². The van der Waals surface area contributed by atoms with E-state index in [1.807, 2.05) is 6.92 Å². The number of carboxylic acid groups (broad SMARTS) is 1. The largest absolute Gasteiger partial charge is 0.481 e. The van der Waals surface area contributed by atoms with E-state index in [1.165, 1.54) is 11.4 Å². The third kappa shape index (κ3) is 4.80. The second kappa shape index (κ2) is 8.29. The van der Waals surface area contributed by atoms with Crippen molar-refractivity contribution in [2.75, 3.05) is 13.7 Å². The first-order valence-electron chi connectivity index (χ1n) is 8.27. The van der Waals surface area contributed by atoms with Crippen molar-refractivity contribution in [3.05, 3.63) is 47.0 Å². The zero-order chi connectivity index (χ0) is 20.4. The molecule has 0 heterocycles. The van der Waals surface area contributed by atoms with Gasteiger partial charge >= 0.3 is 5.97 Å². The van der Waals surface area contributed by atoms with Crippen molar-refractivity contribution in [3.63, 3.8) is 0 Å². The lowest BCUT2D eigenvalue weighted by Crippen LogP contribution is -2.33. The first-order chi connectivity index (χ1) is 12.5. The van der Waals surface area contributed by atoms with Crippen molar-refractivity contribution in [2.45, 2.75) is 31.7 Å². The number of benzene rings is 2. The fourth-order valence-corrected chi connectivity index (χ4v) is 4.04. The van der Waals surface area contributed by atoms with Gasteiger partial charge in [-0.2, -0.15) is 4.31 Å². The van der Waals surface area contributed by atoms with Crippen LogP contribution in [0.3, 0.4) is 0 Å². The highest BCUT2D eigenvalue weighted by Gasteiger charge is 2.24. The van der Waals surface area contributed by atoms with Crippen molar-refractivity contribution >= 4 is 27.6 Å². The van der Waals surface area contributed by atoms with Crippen LogP contribution in [0.25, 0.3) is 11.1 Å². The summed E-state index contributed by atoms with van der Waals surface area (Å²) in [5.74, 6) is -0.792. The monoisotopic (exact) mass is 411 g/mol. The normalized spacial score (nSPS) is 11.8. The first kappa shape index (κ1) is 21.2. The lowest BCUT2D eigenvalue weighted by Gasteiger charge is -2.22. The summed E-state index contributed by atoms with van der Waals surface area (Å²) in [6.07, 6.45) is 0. The molecule has 0 atom stereocenters. The van der Waals surface area contributed by atoms with E-state index in [9.17, 15) is 13.2 Å². The van der Waals surface area contributed by atoms with Gasteiger partial charge in [-0.15, -0.1) is 0 Å². The van der Waals surface area contributed by atoms with E-state index in [-0.39, 0.29) is 10.9 Å². The molecule has 1 N–H and O–H groups in total. The topological polar surface area (TPSA) is 83.9 Å². The number of carbonyl (C=O) groups is 1. The van der Waals surface area contributed by atoms with Crippen LogP contribution < -0.4 is 4.74 Å². The average molecular weight is 412 g/mol. The predicted octanol–water partition coefficient (Wildman–Crippen LogP) is 3.81. The fourth-order valence-electron chi connectivity index (χ4n) is 2.47. The maximum Gasteiger partial charge on any atom is 0.341 e. The lowest BCUT2D eigenvalue weighted by atomic mass is 10.00. The van der Waals surface area contributed by atoms with Gasteiger partial charge in [0.25, 0.3) is 0 Å². The van der Waals surface area contributed by atoms with Crippen LogP contribution in [0.1, 0.15) is 19.4 Å². The second-order valence-corrected chi connectivity index (χ2v) is 8.85. The van der Waals surface area contributed by atoms with E-state index in [2.05, 4.69) is 0 Å². The van der Waals surface area contributed by atoms with Gasteiger partial charge in [0.15, 0.2) is 6.61 Å². The third-order valence-electron chi connectivity index (χ3n) is 4.20. The van der Waals surface area contributed by atoms with Crippen molar-refractivity contribution < 1.29 is 23.1 Å². The molecular formula is C19H22ClNO5S. The van der Waals surface area contributed by atoms with Gasteiger partial charge in [0, 0.05) is 23.7 Å². The summed E-state index contributed by atoms with van der Waals surface area (Å²) in [5.41, 5.74) is 1.95. The molecule has 0 amide bonds. The molecule has 0 saturated heterocycles. The molecule has 2 rings (SSSR count). The third-order valence-corrected chi connectivity index (χ3v) is 6.46. The van der Waals surface area contributed by atoms with Crippen molar-refractivity contribution in [1.29, 1.82) is 0 Å². The van der Waals surface area contributed by atoms with Crippen LogP contribution in [-0.4, -0.2) is 43.5 Å². The molecule has 2 aromatic carbocycles. The Morgan fingerprint density at radius 2 is 1.85 bits per heavy atom. The Balaban J connectivity index is 2.60. The van der Waals surface area contributed by atoms with Crippen LogP contribution in [0.2, 0.25) is 5.02 Å². The van der Waals surface area contributed by atoms with Gasteiger partial charge in [-0.3, -0.25) is 0 Å². The van der Waals surface area contributed by atoms with Crippen molar-refractivity contribution in [1.82, 2.24) is 4.31 Å². The highest BCUT2D eigenvalue weighted by Crippen LogP contribution is 2.36. The summed E-state index contributed by atoms with van der Waals surface area (Å²) in [6, 6.07) is 9.41. The first-order valence-corrected chi connectivity index (χ1v) is 10.1. The minimum absolute atomic E-state index is 0.142. The van der Waals surface area contributed by atoms with Gasteiger partial charge in [0.2, 0.25) is 10.0 Å². The van der Waals surface area contributed by atoms with E-state index >= 15 is 0 Å². The zero-order valence-electron chi connectivity index (χ0n) is 15.6. The number of nitrogens with zero attached hydrogens (tertiary/aromatic N) is 1. The highest BCUT2D eigenvalue weighted by atomic mass is 35.5. The maximum atomic E-state index is 12.8. The lowest BCUT2D eigenvalue weighted by molar-refractivity contribution is -0.139. The molecule has 2 aromatic rings. The Kier molecular flexibility index (Phi) is 6.51. The average Bonchev–Trinajstić information content (AvgIpc) is 2.59. The Labute approximate surface area is 164 Å². The Hall–Kier alpha value is -2.09. The second-order valence-electron chi connectivity index (χ2n) is 6.41. The van der Waals surface area contributed by atoms with Gasteiger partial charge in [-0.05, 0) is 62.2 Å². The Bertz CT molecular complexity index is 957. The number of hydrogen-bond donors (Lipinski definition) is 1. The number of halogens is 1. The molecular weight excluding hydrogens is 390 g/mol. The highest BCUT2D eigenvalue weighted by molar-refractivity contribution is 7.89. The molecule has 0 radical (unpaired) electrons. The predicted molar refractivity (Wildman–Crippen MR) is 105 cm³/mol. The van der Waals surface area contributed by atoms with Gasteiger partial charge in [0.05, 0.1) is 4.90 Å². The summed E-state index contributed by atoms with van der Waals surface area (Å²) in [4.78, 5) is 11.0. The van der Waals surface area contributed by atoms with Crippen molar-refractivity contribution in [3.8, 4) is 16.9 Å². The molecule has 8 heteroatoms. The minimum Gasteiger partial charge on any atom is -0.481 e. The number of aryl methyl sites for hydroxylation is 1. The van der Waals surface area contributed by atoms with E-state index < -0.39 is 22.6 Å². The Morgan fingerprint density at radius 1 is 1.19 bits per heavy atom. The molecule has 0 spiro atoms. The van der Waals surface area contributed by atoms with Crippen LogP contribution in [0.15, 0.2) is 41.3 Å². The number of hydrogen-bond acceptors (Lipinski definition) is 4. The summed E-state index contributed by atoms with van der Waals surface area (Å²) < 4.78 is 32.3. The molecule has 0 aliphatic heterocycles. The minimum atomic E-state index is -3.67. The van der Waals surface area contributed by atoms with Gasteiger partial charge in [-0.25, -0.2) is 13.2 Å². The Morgan fingerprint density at radius 3 is 2.44 bits per heavy atom. The van der Waals surface area contributed by atoms with E-state index in [4.69, 9.17) is 21.4 Å². The molecule has 0 aliphatic carbocycles. The number of rotatable bonds is 7. The van der Waals surface area contributed by atoms with E-state index in [0.717, 1.165) is 5.56 Å². The molecule has 6 nitrogen and oxygen atoms in total. The van der Waals surface area contributed by atoms with Gasteiger partial charge in [0.1, 0.15) is 5.75 Å². The molecule has 0 unspecified atom stereocenters. The number of carboxylic acids is 1. The van der Waals surface area contributed by atoms with Crippen LogP contribution in [0, 0.1) is 6.92 Å². The van der Waals surface area contributed by atoms with Crippen LogP contribution >= 0.6 is 11.6 Å². The van der Waals surface area contributed by atoms with Crippen LogP contribution in [-0.2, 0) is 14.8 Å². The summed E-state index contributed by atoms with van der Waals surface area (Å²) in [5, 5.41) is 9.30. The SMILES string of the molecule is Cc1ccc(S(=O)(=O)N(C)C(C)C)cc1-c1cc(Cl)ccc1OCC(=O)O. The molecule has 0 aromatic heterocycles. The number of sulfonamides is 1. The van der Waals surface area contributed by atoms with E-state index in [0.29, 0.717) is 21.9 Å². The van der Waals surface area contributed by atoms with Crippen LogP contribution in [0.4, 0.5) is 0 Å². The summed E-state index contributed by atoms with van der Waals surface area (Å²) in [6.45, 7) is 4.91. The number of aliphatic carboxylic acids is 1. The summed E-state index contributed by atoms with van der Waals surface area (Å²) >= 11 is 6.11. The molecule has 0 saturated carbocycles. The maximum absolute atomic E-state index is 12.8. The smallest absolute Gasteiger partial charge is 0.341 e. The fraction of sp³-hybridized carbons (Fsp3) is 0.316. The van der Waals surface area contributed by atoms with Gasteiger partial charge < -0.3 is 9.84 Å². The standard InChI is InChI=1S/C19H22ClNO5S/c1-12(2)21(4)27(24,25)15-7-5-13(3)16(10-15)17-9-14(20)6-8-18(17)26-11-19(22)23/h5-10,12H,11H2,1-4H3,(H,22,23). The molecule has 0 fully saturated rings. The van der Waals surface area contributed by atoms with E-state index in [1.54, 1.807) is 50.2 Å². The van der Waals surface area contributed by atoms with Gasteiger partial charge in [-0.1, -0.05) is 17.7 Å². The van der Waals surface area contributed by atoms with Crippen LogP contribution in [0.5, 0.6) is 5.75 Å². The molecule has 0 bridgehead atoms. The molecule has 27 heavy (non-hydrogen) atoms. The molecule has 146 valence electrons. The zero-order valence-corrected chi connectivity index (χ0v) is 17.1. The molecule has 0 aliphatic rings. The number of ether oxygens (including phenoxy) is 1.